The number of pyridine rings is 1. The van der Waals surface area contributed by atoms with Crippen LogP contribution in [-0.2, 0) is 6.54 Å². The molecule has 0 fully saturated rings. The van der Waals surface area contributed by atoms with Gasteiger partial charge in [-0.05, 0) is 18.2 Å². The van der Waals surface area contributed by atoms with Crippen molar-refractivity contribution in [3.63, 3.8) is 0 Å². The number of amides is 2. The number of ether oxygens (including phenoxy) is 3. The second kappa shape index (κ2) is 9.45. The van der Waals surface area contributed by atoms with Crippen LogP contribution in [0.3, 0.4) is 0 Å². The standard InChI is InChI=1S/C20H23N5O4/c1-27-17-12-14(13-18(28-2)19(17)29-3)23-20(26)22-9-11-25-10-7-16(24-25)15-6-4-5-8-21-15/h4-8,10,12-13H,9,11H2,1-3H3,(H2,22,23,26). The maximum Gasteiger partial charge on any atom is 0.319 e. The summed E-state index contributed by atoms with van der Waals surface area (Å²) in [5, 5.41) is 10.0. The third-order valence-electron chi connectivity index (χ3n) is 4.12. The van der Waals surface area contributed by atoms with Crippen molar-refractivity contribution in [3.05, 3.63) is 48.8 Å². The van der Waals surface area contributed by atoms with Gasteiger partial charge in [0, 0.05) is 31.1 Å². The monoisotopic (exact) mass is 397 g/mol. The molecular formula is C20H23N5O4. The molecule has 0 saturated carbocycles. The van der Waals surface area contributed by atoms with Crippen molar-refractivity contribution in [1.82, 2.24) is 20.1 Å². The number of carbonyl (C=O) groups excluding carboxylic acids is 1. The summed E-state index contributed by atoms with van der Waals surface area (Å²) in [5.41, 5.74) is 2.11. The molecule has 9 nitrogen and oxygen atoms in total. The summed E-state index contributed by atoms with van der Waals surface area (Å²) in [7, 11) is 4.56. The Morgan fingerprint density at radius 2 is 1.79 bits per heavy atom. The van der Waals surface area contributed by atoms with E-state index in [1.807, 2.05) is 30.5 Å². The minimum Gasteiger partial charge on any atom is -0.493 e. The van der Waals surface area contributed by atoms with Gasteiger partial charge in [-0.3, -0.25) is 9.67 Å². The first-order valence-corrected chi connectivity index (χ1v) is 8.94. The summed E-state index contributed by atoms with van der Waals surface area (Å²) in [6, 6.07) is 10.5. The molecule has 2 amide bonds. The predicted octanol–water partition coefficient (Wildman–Crippen LogP) is 2.79. The fourth-order valence-electron chi connectivity index (χ4n) is 2.75. The van der Waals surface area contributed by atoms with Crippen LogP contribution >= 0.6 is 0 Å². The number of urea groups is 1. The maximum absolute atomic E-state index is 12.2. The number of benzene rings is 1. The molecule has 3 rings (SSSR count). The summed E-state index contributed by atoms with van der Waals surface area (Å²) in [6.45, 7) is 0.926. The fourth-order valence-corrected chi connectivity index (χ4v) is 2.75. The van der Waals surface area contributed by atoms with Crippen LogP contribution < -0.4 is 24.8 Å². The van der Waals surface area contributed by atoms with Gasteiger partial charge < -0.3 is 24.8 Å². The second-order valence-corrected chi connectivity index (χ2v) is 5.97. The topological polar surface area (TPSA) is 99.5 Å². The van der Waals surface area contributed by atoms with Gasteiger partial charge in [-0.25, -0.2) is 4.79 Å². The molecule has 2 heterocycles. The lowest BCUT2D eigenvalue weighted by Gasteiger charge is -2.15. The van der Waals surface area contributed by atoms with Crippen molar-refractivity contribution >= 4 is 11.7 Å². The van der Waals surface area contributed by atoms with E-state index in [4.69, 9.17) is 14.2 Å². The number of carbonyl (C=O) groups is 1. The molecule has 9 heteroatoms. The first-order chi connectivity index (χ1) is 14.1. The predicted molar refractivity (Wildman–Crippen MR) is 109 cm³/mol. The lowest BCUT2D eigenvalue weighted by Crippen LogP contribution is -2.31. The van der Waals surface area contributed by atoms with E-state index < -0.39 is 0 Å². The molecule has 0 atom stereocenters. The molecule has 0 spiro atoms. The highest BCUT2D eigenvalue weighted by molar-refractivity contribution is 5.90. The lowest BCUT2D eigenvalue weighted by molar-refractivity contribution is 0.251. The summed E-state index contributed by atoms with van der Waals surface area (Å²) in [6.07, 6.45) is 3.58. The highest BCUT2D eigenvalue weighted by Gasteiger charge is 2.14. The molecule has 29 heavy (non-hydrogen) atoms. The number of hydrogen-bond acceptors (Lipinski definition) is 6. The second-order valence-electron chi connectivity index (χ2n) is 5.97. The van der Waals surface area contributed by atoms with Gasteiger partial charge in [0.25, 0.3) is 0 Å². The van der Waals surface area contributed by atoms with Crippen molar-refractivity contribution in [2.24, 2.45) is 0 Å². The molecule has 3 aromatic rings. The first-order valence-electron chi connectivity index (χ1n) is 8.94. The van der Waals surface area contributed by atoms with Crippen LogP contribution in [0.2, 0.25) is 0 Å². The molecule has 2 aromatic heterocycles. The van der Waals surface area contributed by atoms with Crippen molar-refractivity contribution in [2.75, 3.05) is 33.2 Å². The Balaban J connectivity index is 1.55. The third-order valence-corrected chi connectivity index (χ3v) is 4.12. The van der Waals surface area contributed by atoms with Crippen LogP contribution in [0.1, 0.15) is 0 Å². The van der Waals surface area contributed by atoms with E-state index in [9.17, 15) is 4.79 Å². The van der Waals surface area contributed by atoms with Gasteiger partial charge in [-0.2, -0.15) is 5.10 Å². The number of anilines is 1. The van der Waals surface area contributed by atoms with Crippen molar-refractivity contribution in [3.8, 4) is 28.6 Å². The Morgan fingerprint density at radius 1 is 1.03 bits per heavy atom. The Kier molecular flexibility index (Phi) is 6.51. The van der Waals surface area contributed by atoms with Crippen LogP contribution in [-0.4, -0.2) is 48.7 Å². The molecule has 0 aliphatic rings. The lowest BCUT2D eigenvalue weighted by atomic mass is 10.2. The number of nitrogens with one attached hydrogen (secondary N) is 2. The third kappa shape index (κ3) is 4.95. The molecule has 0 saturated heterocycles. The molecule has 0 bridgehead atoms. The van der Waals surface area contributed by atoms with Gasteiger partial charge in [0.05, 0.1) is 39.3 Å². The molecule has 0 aliphatic carbocycles. The molecule has 0 radical (unpaired) electrons. The molecule has 152 valence electrons. The fraction of sp³-hybridized carbons (Fsp3) is 0.250. The van der Waals surface area contributed by atoms with Gasteiger partial charge in [0.15, 0.2) is 11.5 Å². The minimum absolute atomic E-state index is 0.351. The van der Waals surface area contributed by atoms with E-state index in [2.05, 4.69) is 20.7 Å². The first kappa shape index (κ1) is 20.0. The van der Waals surface area contributed by atoms with Crippen LogP contribution in [0.25, 0.3) is 11.4 Å². The van der Waals surface area contributed by atoms with Crippen molar-refractivity contribution in [1.29, 1.82) is 0 Å². The number of aromatic nitrogens is 3. The summed E-state index contributed by atoms with van der Waals surface area (Å²) in [4.78, 5) is 16.5. The normalized spacial score (nSPS) is 10.3. The zero-order valence-electron chi connectivity index (χ0n) is 16.5. The molecule has 0 aliphatic heterocycles. The SMILES string of the molecule is COc1cc(NC(=O)NCCn2ccc(-c3ccccn3)n2)cc(OC)c1OC. The van der Waals surface area contributed by atoms with E-state index in [-0.39, 0.29) is 6.03 Å². The summed E-state index contributed by atoms with van der Waals surface area (Å²) in [5.74, 6) is 1.38. The smallest absolute Gasteiger partial charge is 0.319 e. The Labute approximate surface area is 168 Å². The van der Waals surface area contributed by atoms with E-state index in [0.29, 0.717) is 36.0 Å². The molecule has 1 aromatic carbocycles. The summed E-state index contributed by atoms with van der Waals surface area (Å²) < 4.78 is 17.6. The largest absolute Gasteiger partial charge is 0.493 e. The van der Waals surface area contributed by atoms with Gasteiger partial charge in [-0.1, -0.05) is 6.07 Å². The quantitative estimate of drug-likeness (QED) is 0.606. The maximum atomic E-state index is 12.2. The number of methoxy groups -OCH3 is 3. The van der Waals surface area contributed by atoms with Crippen molar-refractivity contribution < 1.29 is 19.0 Å². The van der Waals surface area contributed by atoms with Crippen LogP contribution in [0.5, 0.6) is 17.2 Å². The molecule has 0 unspecified atom stereocenters. The number of nitrogens with zero attached hydrogens (tertiary/aromatic N) is 3. The van der Waals surface area contributed by atoms with E-state index in [1.165, 1.54) is 21.3 Å². The Morgan fingerprint density at radius 3 is 2.41 bits per heavy atom. The van der Waals surface area contributed by atoms with Crippen LogP contribution in [0.15, 0.2) is 48.8 Å². The van der Waals surface area contributed by atoms with E-state index in [0.717, 1.165) is 11.4 Å². The average Bonchev–Trinajstić information content (AvgIpc) is 3.22. The number of rotatable bonds is 8. The highest BCUT2D eigenvalue weighted by Crippen LogP contribution is 2.39. The molecule has 2 N–H and O–H groups in total. The zero-order chi connectivity index (χ0) is 20.6. The van der Waals surface area contributed by atoms with Gasteiger partial charge in [0.1, 0.15) is 5.69 Å². The van der Waals surface area contributed by atoms with Crippen LogP contribution in [0, 0.1) is 0 Å². The van der Waals surface area contributed by atoms with E-state index in [1.54, 1.807) is 23.0 Å². The number of hydrogen-bond donors (Lipinski definition) is 2. The highest BCUT2D eigenvalue weighted by atomic mass is 16.5. The average molecular weight is 397 g/mol. The minimum atomic E-state index is -0.351. The zero-order valence-corrected chi connectivity index (χ0v) is 16.5. The molecular weight excluding hydrogens is 374 g/mol. The Bertz CT molecular complexity index is 934. The van der Waals surface area contributed by atoms with Gasteiger partial charge in [-0.15, -0.1) is 0 Å². The van der Waals surface area contributed by atoms with E-state index >= 15 is 0 Å². The van der Waals surface area contributed by atoms with Gasteiger partial charge in [0.2, 0.25) is 5.75 Å². The van der Waals surface area contributed by atoms with Crippen molar-refractivity contribution in [2.45, 2.75) is 6.54 Å². The van der Waals surface area contributed by atoms with Gasteiger partial charge >= 0.3 is 6.03 Å². The van der Waals surface area contributed by atoms with Crippen LogP contribution in [0.4, 0.5) is 10.5 Å². The Hall–Kier alpha value is -3.75. The summed E-state index contributed by atoms with van der Waals surface area (Å²) >= 11 is 0.